The van der Waals surface area contributed by atoms with Gasteiger partial charge in [-0.1, -0.05) is 24.3 Å². The number of methoxy groups -OCH3 is 1. The van der Waals surface area contributed by atoms with E-state index >= 15 is 0 Å². The number of nitrogens with one attached hydrogen (secondary N) is 1. The highest BCUT2D eigenvalue weighted by atomic mass is 16.5. The number of hydrogen-bond acceptors (Lipinski definition) is 5. The molecule has 0 saturated heterocycles. The first-order chi connectivity index (χ1) is 15.1. The van der Waals surface area contributed by atoms with Gasteiger partial charge in [0.2, 0.25) is 0 Å². The van der Waals surface area contributed by atoms with E-state index < -0.39 is 0 Å². The van der Waals surface area contributed by atoms with Gasteiger partial charge in [0.25, 0.3) is 11.8 Å². The zero-order valence-corrected chi connectivity index (χ0v) is 17.0. The molecule has 0 unspecified atom stereocenters. The summed E-state index contributed by atoms with van der Waals surface area (Å²) in [6.07, 6.45) is 0. The van der Waals surface area contributed by atoms with E-state index in [-0.39, 0.29) is 18.4 Å². The molecule has 0 bridgehead atoms. The maximum atomic E-state index is 12.6. The fraction of sp³-hybridized carbons (Fsp3) is 0.167. The third-order valence-electron chi connectivity index (χ3n) is 4.82. The molecule has 0 fully saturated rings. The van der Waals surface area contributed by atoms with E-state index in [2.05, 4.69) is 5.32 Å². The number of rotatable bonds is 7. The summed E-state index contributed by atoms with van der Waals surface area (Å²) in [7, 11) is 1.55. The average molecular weight is 418 g/mol. The second kappa shape index (κ2) is 9.21. The van der Waals surface area contributed by atoms with Gasteiger partial charge in [0.15, 0.2) is 6.61 Å². The van der Waals surface area contributed by atoms with Crippen molar-refractivity contribution in [2.45, 2.75) is 0 Å². The molecule has 0 atom stereocenters. The SMILES string of the molecule is COc1cccc(C(=O)Nc2ccc3c(c2)OCC(=O)N3CCOc2ccccc2)c1. The molecule has 3 aromatic rings. The molecular weight excluding hydrogens is 396 g/mol. The van der Waals surface area contributed by atoms with Crippen molar-refractivity contribution in [1.82, 2.24) is 0 Å². The smallest absolute Gasteiger partial charge is 0.265 e. The van der Waals surface area contributed by atoms with Gasteiger partial charge in [-0.25, -0.2) is 0 Å². The maximum absolute atomic E-state index is 12.6. The Morgan fingerprint density at radius 2 is 1.84 bits per heavy atom. The molecule has 1 aliphatic rings. The Morgan fingerprint density at radius 1 is 1.03 bits per heavy atom. The normalized spacial score (nSPS) is 12.5. The lowest BCUT2D eigenvalue weighted by atomic mass is 10.1. The van der Waals surface area contributed by atoms with Crippen LogP contribution in [0.15, 0.2) is 72.8 Å². The van der Waals surface area contributed by atoms with Crippen molar-refractivity contribution in [2.75, 3.05) is 37.1 Å². The number of hydrogen-bond donors (Lipinski definition) is 1. The minimum atomic E-state index is -0.265. The second-order valence-corrected chi connectivity index (χ2v) is 6.86. The Morgan fingerprint density at radius 3 is 2.65 bits per heavy atom. The van der Waals surface area contributed by atoms with Gasteiger partial charge in [-0.3, -0.25) is 9.59 Å². The van der Waals surface area contributed by atoms with E-state index in [0.717, 1.165) is 5.75 Å². The molecule has 4 rings (SSSR count). The summed E-state index contributed by atoms with van der Waals surface area (Å²) in [6.45, 7) is 0.675. The minimum Gasteiger partial charge on any atom is -0.497 e. The van der Waals surface area contributed by atoms with Crippen LogP contribution in [0, 0.1) is 0 Å². The number of carbonyl (C=O) groups excluding carboxylic acids is 2. The lowest BCUT2D eigenvalue weighted by Crippen LogP contribution is -2.41. The summed E-state index contributed by atoms with van der Waals surface area (Å²) in [6, 6.07) is 21.6. The molecule has 2 amide bonds. The van der Waals surface area contributed by atoms with E-state index in [4.69, 9.17) is 14.2 Å². The van der Waals surface area contributed by atoms with E-state index in [1.54, 1.807) is 54.5 Å². The summed E-state index contributed by atoms with van der Waals surface area (Å²) in [5.74, 6) is 1.48. The van der Waals surface area contributed by atoms with Crippen molar-refractivity contribution in [3.8, 4) is 17.2 Å². The summed E-state index contributed by atoms with van der Waals surface area (Å²) in [5.41, 5.74) is 1.70. The van der Waals surface area contributed by atoms with E-state index in [0.29, 0.717) is 41.6 Å². The highest BCUT2D eigenvalue weighted by Crippen LogP contribution is 2.34. The van der Waals surface area contributed by atoms with Gasteiger partial charge in [-0.2, -0.15) is 0 Å². The van der Waals surface area contributed by atoms with E-state index in [1.807, 2.05) is 30.3 Å². The summed E-state index contributed by atoms with van der Waals surface area (Å²) in [4.78, 5) is 26.6. The number of benzene rings is 3. The number of carbonyl (C=O) groups is 2. The van der Waals surface area contributed by atoms with Crippen LogP contribution in [0.2, 0.25) is 0 Å². The molecule has 1 aliphatic heterocycles. The fourth-order valence-corrected chi connectivity index (χ4v) is 3.27. The van der Waals surface area contributed by atoms with E-state index in [9.17, 15) is 9.59 Å². The molecule has 1 N–H and O–H groups in total. The molecule has 31 heavy (non-hydrogen) atoms. The van der Waals surface area contributed by atoms with Crippen molar-refractivity contribution in [1.29, 1.82) is 0 Å². The first-order valence-electron chi connectivity index (χ1n) is 9.84. The van der Waals surface area contributed by atoms with Crippen LogP contribution < -0.4 is 24.4 Å². The number of nitrogens with zero attached hydrogens (tertiary/aromatic N) is 1. The highest BCUT2D eigenvalue weighted by Gasteiger charge is 2.26. The summed E-state index contributed by atoms with van der Waals surface area (Å²) >= 11 is 0. The van der Waals surface area contributed by atoms with Crippen LogP contribution >= 0.6 is 0 Å². The first kappa shape index (κ1) is 20.3. The van der Waals surface area contributed by atoms with Crippen molar-refractivity contribution >= 4 is 23.2 Å². The number of amides is 2. The Labute approximate surface area is 180 Å². The first-order valence-corrected chi connectivity index (χ1v) is 9.84. The quantitative estimate of drug-likeness (QED) is 0.632. The van der Waals surface area contributed by atoms with Crippen LogP contribution in [0.25, 0.3) is 0 Å². The number of para-hydroxylation sites is 1. The second-order valence-electron chi connectivity index (χ2n) is 6.86. The Bertz CT molecular complexity index is 1080. The van der Waals surface area contributed by atoms with Crippen molar-refractivity contribution < 1.29 is 23.8 Å². The molecule has 7 heteroatoms. The van der Waals surface area contributed by atoms with Crippen molar-refractivity contribution in [3.63, 3.8) is 0 Å². The lowest BCUT2D eigenvalue weighted by molar-refractivity contribution is -0.121. The zero-order valence-electron chi connectivity index (χ0n) is 17.0. The Balaban J connectivity index is 1.44. The standard InChI is InChI=1S/C24H22N2O5/c1-29-20-9-5-6-17(14-20)24(28)25-18-10-11-21-22(15-18)31-16-23(27)26(21)12-13-30-19-7-3-2-4-8-19/h2-11,14-15H,12-13,16H2,1H3,(H,25,28). The Kier molecular flexibility index (Phi) is 6.03. The molecule has 0 spiro atoms. The van der Waals surface area contributed by atoms with E-state index in [1.165, 1.54) is 0 Å². The predicted molar refractivity (Wildman–Crippen MR) is 117 cm³/mol. The minimum absolute atomic E-state index is 0.0639. The van der Waals surface area contributed by atoms with Gasteiger partial charge in [-0.15, -0.1) is 0 Å². The molecular formula is C24H22N2O5. The highest BCUT2D eigenvalue weighted by molar-refractivity contribution is 6.05. The van der Waals surface area contributed by atoms with Crippen LogP contribution in [0.3, 0.4) is 0 Å². The van der Waals surface area contributed by atoms with Crippen LogP contribution in [0.1, 0.15) is 10.4 Å². The molecule has 0 saturated carbocycles. The summed E-state index contributed by atoms with van der Waals surface area (Å²) in [5, 5.41) is 2.85. The van der Waals surface area contributed by atoms with Crippen molar-refractivity contribution in [3.05, 3.63) is 78.4 Å². The van der Waals surface area contributed by atoms with Crippen LogP contribution in [0.5, 0.6) is 17.2 Å². The van der Waals surface area contributed by atoms with Gasteiger partial charge in [0, 0.05) is 17.3 Å². The predicted octanol–water partition coefficient (Wildman–Crippen LogP) is 3.75. The summed E-state index contributed by atoms with van der Waals surface area (Å²) < 4.78 is 16.5. The molecule has 0 radical (unpaired) electrons. The molecule has 7 nitrogen and oxygen atoms in total. The lowest BCUT2D eigenvalue weighted by Gasteiger charge is -2.29. The average Bonchev–Trinajstić information content (AvgIpc) is 2.81. The van der Waals surface area contributed by atoms with Gasteiger partial charge in [0.1, 0.15) is 23.9 Å². The van der Waals surface area contributed by atoms with Gasteiger partial charge < -0.3 is 24.4 Å². The fourth-order valence-electron chi connectivity index (χ4n) is 3.27. The number of fused-ring (bicyclic) bond motifs is 1. The number of ether oxygens (including phenoxy) is 3. The van der Waals surface area contributed by atoms with Gasteiger partial charge in [0.05, 0.1) is 19.3 Å². The van der Waals surface area contributed by atoms with Crippen LogP contribution in [0.4, 0.5) is 11.4 Å². The van der Waals surface area contributed by atoms with Crippen LogP contribution in [-0.2, 0) is 4.79 Å². The molecule has 3 aromatic carbocycles. The molecule has 158 valence electrons. The third-order valence-corrected chi connectivity index (χ3v) is 4.82. The molecule has 1 heterocycles. The molecule has 0 aromatic heterocycles. The van der Waals surface area contributed by atoms with Crippen molar-refractivity contribution in [2.24, 2.45) is 0 Å². The van der Waals surface area contributed by atoms with Gasteiger partial charge in [-0.05, 0) is 42.5 Å². The largest absolute Gasteiger partial charge is 0.497 e. The zero-order chi connectivity index (χ0) is 21.6. The van der Waals surface area contributed by atoms with Crippen LogP contribution in [-0.4, -0.2) is 38.7 Å². The number of anilines is 2. The van der Waals surface area contributed by atoms with Gasteiger partial charge >= 0.3 is 0 Å². The maximum Gasteiger partial charge on any atom is 0.265 e. The molecule has 0 aliphatic carbocycles. The third kappa shape index (κ3) is 4.78. The monoisotopic (exact) mass is 418 g/mol. The topological polar surface area (TPSA) is 77.1 Å². The Hall–Kier alpha value is -4.00.